The molecule has 0 radical (unpaired) electrons. The molecule has 0 saturated carbocycles. The molecule has 2 aliphatic rings. The summed E-state index contributed by atoms with van der Waals surface area (Å²) in [5.74, 6) is 0.708. The lowest BCUT2D eigenvalue weighted by Crippen LogP contribution is -2.42. The van der Waals surface area contributed by atoms with Gasteiger partial charge in [-0.05, 0) is 29.8 Å². The largest absolute Gasteiger partial charge is 0.573 e. The van der Waals surface area contributed by atoms with Crippen molar-refractivity contribution in [1.82, 2.24) is 15.1 Å². The molecule has 0 saturated heterocycles. The smallest absolute Gasteiger partial charge is 0.452 e. The zero-order valence-corrected chi connectivity index (χ0v) is 16.6. The summed E-state index contributed by atoms with van der Waals surface area (Å²) in [5, 5.41) is 3.90. The second kappa shape index (κ2) is 7.98. The van der Waals surface area contributed by atoms with Crippen molar-refractivity contribution < 1.29 is 22.6 Å². The first kappa shape index (κ1) is 20.2. The molecular formula is C20H18ClF3N4O2. The van der Waals surface area contributed by atoms with E-state index in [1.165, 1.54) is 18.2 Å². The molecule has 6 nitrogen and oxygen atoms in total. The Morgan fingerprint density at radius 3 is 2.63 bits per heavy atom. The van der Waals surface area contributed by atoms with E-state index in [4.69, 9.17) is 16.3 Å². The minimum Gasteiger partial charge on any atom is -0.452 e. The van der Waals surface area contributed by atoms with Crippen LogP contribution in [-0.2, 0) is 6.54 Å². The molecule has 0 spiro atoms. The highest BCUT2D eigenvalue weighted by Gasteiger charge is 2.35. The van der Waals surface area contributed by atoms with Gasteiger partial charge < -0.3 is 24.6 Å². The molecule has 10 heteroatoms. The quantitative estimate of drug-likeness (QED) is 0.760. The third-order valence-electron chi connectivity index (χ3n) is 4.54. The molecule has 2 heterocycles. The van der Waals surface area contributed by atoms with Crippen molar-refractivity contribution in [2.75, 3.05) is 13.7 Å². The first-order valence-corrected chi connectivity index (χ1v) is 9.42. The third kappa shape index (κ3) is 4.56. The summed E-state index contributed by atoms with van der Waals surface area (Å²) in [6.07, 6.45) is -3.67. The summed E-state index contributed by atoms with van der Waals surface area (Å²) in [7, 11) is 1.89. The number of nitrogens with zero attached hydrogens (tertiary/aromatic N) is 3. The van der Waals surface area contributed by atoms with Crippen LogP contribution >= 0.6 is 11.6 Å². The summed E-state index contributed by atoms with van der Waals surface area (Å²) >= 11 is 5.97. The first-order chi connectivity index (χ1) is 14.3. The monoisotopic (exact) mass is 438 g/mol. The molecule has 0 aromatic heterocycles. The van der Waals surface area contributed by atoms with E-state index in [1.807, 2.05) is 29.0 Å². The third-order valence-corrected chi connectivity index (χ3v) is 4.79. The Morgan fingerprint density at radius 1 is 1.17 bits per heavy atom. The van der Waals surface area contributed by atoms with Gasteiger partial charge in [-0.25, -0.2) is 0 Å². The van der Waals surface area contributed by atoms with E-state index in [2.05, 4.69) is 15.0 Å². The van der Waals surface area contributed by atoms with E-state index >= 15 is 0 Å². The van der Waals surface area contributed by atoms with Crippen LogP contribution in [0.1, 0.15) is 5.56 Å². The number of nitrogens with one attached hydrogen (secondary N) is 1. The molecule has 0 amide bonds. The zero-order valence-electron chi connectivity index (χ0n) is 15.9. The molecule has 0 aliphatic carbocycles. The van der Waals surface area contributed by atoms with Crippen LogP contribution in [0.15, 0.2) is 65.0 Å². The van der Waals surface area contributed by atoms with Gasteiger partial charge in [-0.3, -0.25) is 4.99 Å². The number of hydrogen-bond donors (Lipinski definition) is 1. The molecule has 158 valence electrons. The van der Waals surface area contributed by atoms with E-state index < -0.39 is 12.7 Å². The van der Waals surface area contributed by atoms with Crippen molar-refractivity contribution in [2.24, 2.45) is 4.99 Å². The summed E-state index contributed by atoms with van der Waals surface area (Å²) in [6.45, 7) is 0.967. The Balaban J connectivity index is 1.57. The molecule has 0 bridgehead atoms. The first-order valence-electron chi connectivity index (χ1n) is 9.04. The van der Waals surface area contributed by atoms with Gasteiger partial charge >= 0.3 is 6.36 Å². The number of alkyl halides is 3. The molecule has 1 N–H and O–H groups in total. The molecule has 30 heavy (non-hydrogen) atoms. The number of allylic oxidation sites excluding steroid dienone is 1. The van der Waals surface area contributed by atoms with Gasteiger partial charge in [0.2, 0.25) is 0 Å². The van der Waals surface area contributed by atoms with Crippen LogP contribution in [0.25, 0.3) is 0 Å². The molecule has 4 rings (SSSR count). The lowest BCUT2D eigenvalue weighted by atomic mass is 10.2. The van der Waals surface area contributed by atoms with Gasteiger partial charge in [0, 0.05) is 24.7 Å². The minimum atomic E-state index is -4.77. The number of rotatable bonds is 5. The molecule has 1 unspecified atom stereocenters. The van der Waals surface area contributed by atoms with Gasteiger partial charge in [0.1, 0.15) is 29.7 Å². The fraction of sp³-hybridized carbons (Fsp3) is 0.250. The maximum absolute atomic E-state index is 12.5. The van der Waals surface area contributed by atoms with E-state index in [9.17, 15) is 13.2 Å². The van der Waals surface area contributed by atoms with Crippen molar-refractivity contribution in [1.29, 1.82) is 0 Å². The standard InChI is InChI=1S/C20H18ClF3N4O2/c1-27-12-25-10-17-18(27)26-19(28(17)11-13-5-7-14(21)8-6-13)29-15-3-2-4-16(9-15)30-20(22,23)24/h2-10,19,26H,11-12H2,1H3. The van der Waals surface area contributed by atoms with Gasteiger partial charge in [-0.15, -0.1) is 13.2 Å². The Kier molecular flexibility index (Phi) is 5.38. The summed E-state index contributed by atoms with van der Waals surface area (Å²) in [4.78, 5) is 8.21. The number of halogens is 4. The second-order valence-corrected chi connectivity index (χ2v) is 7.21. The minimum absolute atomic E-state index is 0.231. The van der Waals surface area contributed by atoms with Gasteiger partial charge in [0.05, 0.1) is 6.21 Å². The van der Waals surface area contributed by atoms with E-state index in [-0.39, 0.29) is 11.5 Å². The molecule has 0 fully saturated rings. The Morgan fingerprint density at radius 2 is 1.90 bits per heavy atom. The van der Waals surface area contributed by atoms with Crippen LogP contribution in [0.5, 0.6) is 11.5 Å². The van der Waals surface area contributed by atoms with Crippen LogP contribution in [0.4, 0.5) is 13.2 Å². The van der Waals surface area contributed by atoms with Crippen molar-refractivity contribution in [3.63, 3.8) is 0 Å². The second-order valence-electron chi connectivity index (χ2n) is 6.78. The van der Waals surface area contributed by atoms with E-state index in [0.717, 1.165) is 17.1 Å². The normalized spacial score (nSPS) is 18.4. The Labute approximate surface area is 176 Å². The van der Waals surface area contributed by atoms with Gasteiger partial charge in [-0.1, -0.05) is 29.8 Å². The lowest BCUT2D eigenvalue weighted by Gasteiger charge is -2.28. The van der Waals surface area contributed by atoms with Crippen LogP contribution < -0.4 is 14.8 Å². The predicted molar refractivity (Wildman–Crippen MR) is 106 cm³/mol. The highest BCUT2D eigenvalue weighted by Crippen LogP contribution is 2.30. The van der Waals surface area contributed by atoms with Gasteiger partial charge in [0.25, 0.3) is 6.35 Å². The summed E-state index contributed by atoms with van der Waals surface area (Å²) < 4.78 is 47.6. The maximum atomic E-state index is 12.5. The topological polar surface area (TPSA) is 49.3 Å². The van der Waals surface area contributed by atoms with E-state index in [1.54, 1.807) is 24.4 Å². The molecule has 2 aromatic carbocycles. The highest BCUT2D eigenvalue weighted by molar-refractivity contribution is 6.30. The SMILES string of the molecule is CN1CN=CC2=C1NC(Oc1cccc(OC(F)(F)F)c1)N2Cc1ccc(Cl)cc1. The number of aliphatic imine (C=N–C) groups is 1. The van der Waals surface area contributed by atoms with Gasteiger partial charge in [-0.2, -0.15) is 0 Å². The molecule has 2 aromatic rings. The average molecular weight is 439 g/mol. The van der Waals surface area contributed by atoms with Crippen LogP contribution in [0, 0.1) is 0 Å². The number of ether oxygens (including phenoxy) is 2. The van der Waals surface area contributed by atoms with Crippen molar-refractivity contribution >= 4 is 17.8 Å². The summed E-state index contributed by atoms with van der Waals surface area (Å²) in [5.41, 5.74) is 1.81. The van der Waals surface area contributed by atoms with Crippen molar-refractivity contribution in [3.05, 3.63) is 70.6 Å². The molecule has 1 atom stereocenters. The van der Waals surface area contributed by atoms with E-state index in [0.29, 0.717) is 18.2 Å². The fourth-order valence-corrected chi connectivity index (χ4v) is 3.34. The predicted octanol–water partition coefficient (Wildman–Crippen LogP) is 4.15. The summed E-state index contributed by atoms with van der Waals surface area (Å²) in [6, 6.07) is 12.8. The number of benzene rings is 2. The maximum Gasteiger partial charge on any atom is 0.573 e. The highest BCUT2D eigenvalue weighted by atomic mass is 35.5. The van der Waals surface area contributed by atoms with Crippen LogP contribution in [-0.4, -0.2) is 42.4 Å². The zero-order chi connectivity index (χ0) is 21.3. The average Bonchev–Trinajstić information content (AvgIpc) is 3.01. The fourth-order valence-electron chi connectivity index (χ4n) is 3.21. The van der Waals surface area contributed by atoms with Crippen molar-refractivity contribution in [3.8, 4) is 11.5 Å². The lowest BCUT2D eigenvalue weighted by molar-refractivity contribution is -0.274. The van der Waals surface area contributed by atoms with Crippen LogP contribution in [0.2, 0.25) is 5.02 Å². The van der Waals surface area contributed by atoms with Gasteiger partial charge in [0.15, 0.2) is 0 Å². The Bertz CT molecular complexity index is 979. The van der Waals surface area contributed by atoms with Crippen LogP contribution in [0.3, 0.4) is 0 Å². The molecular weight excluding hydrogens is 421 g/mol. The number of hydrogen-bond acceptors (Lipinski definition) is 6. The van der Waals surface area contributed by atoms with Crippen molar-refractivity contribution in [2.45, 2.75) is 19.3 Å². The Hall–Kier alpha value is -3.07. The molecule has 2 aliphatic heterocycles.